The van der Waals surface area contributed by atoms with Crippen LogP contribution in [0.1, 0.15) is 24.5 Å². The maximum absolute atomic E-state index is 13.3. The number of nitrogens with zero attached hydrogens (tertiary/aromatic N) is 7. The van der Waals surface area contributed by atoms with E-state index in [1.807, 2.05) is 25.1 Å². The number of rotatable bonds is 6. The lowest BCUT2D eigenvalue weighted by molar-refractivity contribution is 0.0594. The van der Waals surface area contributed by atoms with Gasteiger partial charge in [-0.25, -0.2) is 19.3 Å². The number of allylic oxidation sites excluding steroid dienone is 1. The van der Waals surface area contributed by atoms with Crippen molar-refractivity contribution < 1.29 is 5.11 Å². The van der Waals surface area contributed by atoms with Gasteiger partial charge >= 0.3 is 0 Å². The van der Waals surface area contributed by atoms with Gasteiger partial charge in [-0.15, -0.1) is 6.58 Å². The van der Waals surface area contributed by atoms with Gasteiger partial charge < -0.3 is 20.2 Å². The number of likely N-dealkylation sites (N-methyl/N-ethyl adjacent to an activating group) is 1. The average Bonchev–Trinajstić information content (AvgIpc) is 3.37. The molecule has 1 atom stereocenters. The highest BCUT2D eigenvalue weighted by Gasteiger charge is 2.33. The molecule has 1 aliphatic heterocycles. The molecule has 10 nitrogen and oxygen atoms in total. The molecule has 4 aromatic rings. The summed E-state index contributed by atoms with van der Waals surface area (Å²) in [6, 6.07) is 10.1. The highest BCUT2D eigenvalue weighted by Crippen LogP contribution is 2.37. The Morgan fingerprint density at radius 2 is 1.89 bits per heavy atom. The summed E-state index contributed by atoms with van der Waals surface area (Å²) < 4.78 is 3.23. The van der Waals surface area contributed by atoms with Crippen molar-refractivity contribution in [3.63, 3.8) is 0 Å². The van der Waals surface area contributed by atoms with Crippen LogP contribution in [-0.2, 0) is 18.6 Å². The Morgan fingerprint density at radius 3 is 2.63 bits per heavy atom. The molecule has 196 valence electrons. The van der Waals surface area contributed by atoms with Crippen molar-refractivity contribution in [2.75, 3.05) is 43.4 Å². The molecule has 6 rings (SSSR count). The van der Waals surface area contributed by atoms with Gasteiger partial charge in [-0.05, 0) is 68.3 Å². The molecule has 0 saturated carbocycles. The quantitative estimate of drug-likeness (QED) is 0.380. The smallest absolute Gasteiger partial charge is 0.278 e. The number of benzene rings is 1. The lowest BCUT2D eigenvalue weighted by Crippen LogP contribution is -2.44. The van der Waals surface area contributed by atoms with E-state index in [9.17, 15) is 9.90 Å². The summed E-state index contributed by atoms with van der Waals surface area (Å²) in [5, 5.41) is 14.5. The van der Waals surface area contributed by atoms with Gasteiger partial charge in [-0.3, -0.25) is 4.79 Å². The Balaban J connectivity index is 1.36. The molecule has 1 aliphatic carbocycles. The molecule has 0 unspecified atom stereocenters. The minimum atomic E-state index is -0.933. The van der Waals surface area contributed by atoms with Crippen molar-refractivity contribution in [3.8, 4) is 5.82 Å². The van der Waals surface area contributed by atoms with Crippen molar-refractivity contribution in [2.45, 2.75) is 31.9 Å². The summed E-state index contributed by atoms with van der Waals surface area (Å²) in [5.74, 6) is 0.892. The second-order valence-corrected chi connectivity index (χ2v) is 10.4. The van der Waals surface area contributed by atoms with Gasteiger partial charge in [0.25, 0.3) is 5.56 Å². The Labute approximate surface area is 220 Å². The van der Waals surface area contributed by atoms with Crippen LogP contribution in [0.15, 0.2) is 60.2 Å². The fourth-order valence-electron chi connectivity index (χ4n) is 5.36. The lowest BCUT2D eigenvalue weighted by Gasteiger charge is -2.34. The van der Waals surface area contributed by atoms with Crippen LogP contribution in [0.4, 0.5) is 17.3 Å². The summed E-state index contributed by atoms with van der Waals surface area (Å²) in [7, 11) is 2.15. The topological polar surface area (TPSA) is 104 Å². The van der Waals surface area contributed by atoms with E-state index in [4.69, 9.17) is 4.98 Å². The number of anilines is 3. The monoisotopic (exact) mass is 512 g/mol. The molecule has 1 saturated heterocycles. The normalized spacial score (nSPS) is 19.6. The first kappa shape index (κ1) is 24.3. The van der Waals surface area contributed by atoms with Crippen molar-refractivity contribution in [1.29, 1.82) is 0 Å². The third-order valence-electron chi connectivity index (χ3n) is 7.62. The van der Waals surface area contributed by atoms with E-state index in [1.165, 1.54) is 5.69 Å². The molecule has 2 aliphatic rings. The van der Waals surface area contributed by atoms with Gasteiger partial charge in [-0.2, -0.15) is 4.98 Å². The largest absolute Gasteiger partial charge is 0.385 e. The van der Waals surface area contributed by atoms with E-state index in [-0.39, 0.29) is 12.1 Å². The standard InChI is InChI=1S/C28H32N8O2/c1-4-11-35-26(37)22-18-30-27(31-20-5-7-21(8-6-20)34-14-12-33(3)13-15-34)32-25(22)36(35)24-16-23-19(17-29-24)9-10-28(23,2)38/h4-8,16-18,38H,1,9-15H2,2-3H3,(H,30,31,32)/t28-/m1/s1. The Hall–Kier alpha value is -4.02. The number of aliphatic hydroxyl groups is 1. The molecule has 0 bridgehead atoms. The lowest BCUT2D eigenvalue weighted by atomic mass is 10.00. The molecule has 1 fully saturated rings. The molecule has 0 amide bonds. The number of aryl methyl sites for hydroxylation is 1. The van der Waals surface area contributed by atoms with E-state index in [0.717, 1.165) is 49.4 Å². The average molecular weight is 513 g/mol. The first-order chi connectivity index (χ1) is 18.3. The zero-order chi connectivity index (χ0) is 26.4. The van der Waals surface area contributed by atoms with Crippen molar-refractivity contribution >= 4 is 28.4 Å². The Morgan fingerprint density at radius 1 is 1.13 bits per heavy atom. The molecule has 1 aromatic carbocycles. The highest BCUT2D eigenvalue weighted by molar-refractivity contribution is 5.77. The first-order valence-electron chi connectivity index (χ1n) is 13.0. The molecule has 4 heterocycles. The van der Waals surface area contributed by atoms with Crippen LogP contribution >= 0.6 is 0 Å². The number of hydrogen-bond acceptors (Lipinski definition) is 8. The molecular formula is C28H32N8O2. The summed E-state index contributed by atoms with van der Waals surface area (Å²) in [6.45, 7) is 10.0. The Kier molecular flexibility index (Phi) is 6.00. The number of nitrogens with one attached hydrogen (secondary N) is 1. The van der Waals surface area contributed by atoms with Crippen LogP contribution < -0.4 is 15.8 Å². The fourth-order valence-corrected chi connectivity index (χ4v) is 5.36. The van der Waals surface area contributed by atoms with E-state index in [0.29, 0.717) is 29.2 Å². The highest BCUT2D eigenvalue weighted by atomic mass is 16.3. The van der Waals surface area contributed by atoms with Crippen molar-refractivity contribution in [2.24, 2.45) is 0 Å². The minimum absolute atomic E-state index is 0.225. The molecule has 38 heavy (non-hydrogen) atoms. The van der Waals surface area contributed by atoms with Crippen LogP contribution in [0.3, 0.4) is 0 Å². The van der Waals surface area contributed by atoms with E-state index < -0.39 is 5.60 Å². The van der Waals surface area contributed by atoms with Crippen molar-refractivity contribution in [3.05, 3.63) is 76.9 Å². The second kappa shape index (κ2) is 9.38. The van der Waals surface area contributed by atoms with E-state index >= 15 is 0 Å². The summed E-state index contributed by atoms with van der Waals surface area (Å²) in [4.78, 5) is 31.8. The van der Waals surface area contributed by atoms with Gasteiger partial charge in [0.05, 0.1) is 12.1 Å². The summed E-state index contributed by atoms with van der Waals surface area (Å²) >= 11 is 0. The van der Waals surface area contributed by atoms with Gasteiger partial charge in [0, 0.05) is 49.9 Å². The van der Waals surface area contributed by atoms with Gasteiger partial charge in [0.1, 0.15) is 5.39 Å². The zero-order valence-corrected chi connectivity index (χ0v) is 21.8. The maximum Gasteiger partial charge on any atom is 0.278 e. The van der Waals surface area contributed by atoms with Crippen LogP contribution in [-0.4, -0.2) is 67.5 Å². The summed E-state index contributed by atoms with van der Waals surface area (Å²) in [6.07, 6.45) is 6.40. The van der Waals surface area contributed by atoms with Crippen molar-refractivity contribution in [1.82, 2.24) is 29.2 Å². The maximum atomic E-state index is 13.3. The minimum Gasteiger partial charge on any atom is -0.385 e. The van der Waals surface area contributed by atoms with E-state index in [1.54, 1.807) is 27.8 Å². The van der Waals surface area contributed by atoms with Gasteiger partial charge in [0.2, 0.25) is 5.95 Å². The molecule has 3 aromatic heterocycles. The first-order valence-corrected chi connectivity index (χ1v) is 13.0. The third-order valence-corrected chi connectivity index (χ3v) is 7.62. The molecular weight excluding hydrogens is 480 g/mol. The van der Waals surface area contributed by atoms with Crippen LogP contribution in [0.5, 0.6) is 0 Å². The number of aromatic nitrogens is 5. The molecule has 0 spiro atoms. The second-order valence-electron chi connectivity index (χ2n) is 10.4. The van der Waals surface area contributed by atoms with Crippen LogP contribution in [0.2, 0.25) is 0 Å². The van der Waals surface area contributed by atoms with E-state index in [2.05, 4.69) is 50.8 Å². The van der Waals surface area contributed by atoms with Gasteiger partial charge in [0.15, 0.2) is 11.5 Å². The predicted octanol–water partition coefficient (Wildman–Crippen LogP) is 2.81. The zero-order valence-electron chi connectivity index (χ0n) is 21.8. The molecule has 2 N–H and O–H groups in total. The SMILES string of the molecule is C=CCn1c(=O)c2cnc(Nc3ccc(N4CCN(C)CC4)cc3)nc2n1-c1cc2c(cn1)CC[C@@]2(C)O. The molecule has 10 heteroatoms. The number of pyridine rings is 1. The predicted molar refractivity (Wildman–Crippen MR) is 148 cm³/mol. The van der Waals surface area contributed by atoms with Crippen LogP contribution in [0, 0.1) is 0 Å². The van der Waals surface area contributed by atoms with Crippen LogP contribution in [0.25, 0.3) is 16.9 Å². The fraction of sp³-hybridized carbons (Fsp3) is 0.357. The number of fused-ring (bicyclic) bond motifs is 2. The number of piperazine rings is 1. The Bertz CT molecular complexity index is 1560. The van der Waals surface area contributed by atoms with Gasteiger partial charge in [-0.1, -0.05) is 6.08 Å². The number of hydrogen-bond donors (Lipinski definition) is 2. The summed E-state index contributed by atoms with van der Waals surface area (Å²) in [5.41, 5.74) is 3.17. The third kappa shape index (κ3) is 4.25. The molecule has 0 radical (unpaired) electrons.